The minimum Gasteiger partial charge on any atom is -0.328 e. The van der Waals surface area contributed by atoms with Gasteiger partial charge in [-0.1, -0.05) is 25.0 Å². The van der Waals surface area contributed by atoms with Gasteiger partial charge in [-0.2, -0.15) is 0 Å². The van der Waals surface area contributed by atoms with Crippen molar-refractivity contribution in [1.29, 1.82) is 0 Å². The summed E-state index contributed by atoms with van der Waals surface area (Å²) < 4.78 is 13.4. The summed E-state index contributed by atoms with van der Waals surface area (Å²) in [4.78, 5) is 22.3. The molecule has 5 nitrogen and oxygen atoms in total. The fourth-order valence-corrected chi connectivity index (χ4v) is 4.70. The maximum absolute atomic E-state index is 13.4. The standard InChI is InChI=1S/C23H23FN4OS/c1-16-15-19(30-22-25-13-4-14-26-22)9-10-20(16)27-21(29)28-23(11-2-3-12-23)17-5-7-18(24)8-6-17/h4-10,13-15H,2-3,11-12H2,1H3,(H2,27,28,29). The van der Waals surface area contributed by atoms with E-state index in [1.807, 2.05) is 25.1 Å². The molecular weight excluding hydrogens is 399 g/mol. The van der Waals surface area contributed by atoms with Crippen LogP contribution in [0.25, 0.3) is 0 Å². The molecule has 4 rings (SSSR count). The Kier molecular flexibility index (Phi) is 5.99. The van der Waals surface area contributed by atoms with Gasteiger partial charge < -0.3 is 10.6 Å². The molecule has 0 unspecified atom stereocenters. The first-order valence-electron chi connectivity index (χ1n) is 9.95. The molecule has 0 saturated heterocycles. The number of nitrogens with zero attached hydrogens (tertiary/aromatic N) is 2. The topological polar surface area (TPSA) is 66.9 Å². The zero-order chi connectivity index (χ0) is 21.0. The summed E-state index contributed by atoms with van der Waals surface area (Å²) in [5, 5.41) is 6.81. The van der Waals surface area contributed by atoms with Crippen LogP contribution in [0.1, 0.15) is 36.8 Å². The molecule has 0 aliphatic heterocycles. The monoisotopic (exact) mass is 422 g/mol. The fourth-order valence-electron chi connectivity index (χ4n) is 3.89. The number of hydrogen-bond donors (Lipinski definition) is 2. The Morgan fingerprint density at radius 3 is 2.43 bits per heavy atom. The summed E-state index contributed by atoms with van der Waals surface area (Å²) >= 11 is 1.47. The molecule has 0 radical (unpaired) electrons. The Morgan fingerprint density at radius 2 is 1.77 bits per heavy atom. The molecule has 154 valence electrons. The normalized spacial score (nSPS) is 15.0. The molecule has 2 amide bonds. The molecule has 2 N–H and O–H groups in total. The lowest BCUT2D eigenvalue weighted by Crippen LogP contribution is -2.45. The second kappa shape index (κ2) is 8.83. The number of urea groups is 1. The van der Waals surface area contributed by atoms with Gasteiger partial charge in [-0.05, 0) is 79.1 Å². The molecule has 0 spiro atoms. The van der Waals surface area contributed by atoms with Gasteiger partial charge in [0.05, 0.1) is 5.54 Å². The van der Waals surface area contributed by atoms with Crippen molar-refractivity contribution < 1.29 is 9.18 Å². The van der Waals surface area contributed by atoms with Gasteiger partial charge in [0.1, 0.15) is 5.82 Å². The zero-order valence-corrected chi connectivity index (χ0v) is 17.5. The molecule has 1 aliphatic carbocycles. The van der Waals surface area contributed by atoms with Gasteiger partial charge in [-0.3, -0.25) is 0 Å². The number of anilines is 1. The van der Waals surface area contributed by atoms with Crippen molar-refractivity contribution in [2.75, 3.05) is 5.32 Å². The van der Waals surface area contributed by atoms with Crippen LogP contribution in [0, 0.1) is 12.7 Å². The van der Waals surface area contributed by atoms with Crippen molar-refractivity contribution in [3.63, 3.8) is 0 Å². The van der Waals surface area contributed by atoms with Crippen LogP contribution in [0.5, 0.6) is 0 Å². The average Bonchev–Trinajstić information content (AvgIpc) is 3.21. The number of carbonyl (C=O) groups is 1. The van der Waals surface area contributed by atoms with E-state index in [1.165, 1.54) is 23.9 Å². The summed E-state index contributed by atoms with van der Waals surface area (Å²) in [6.07, 6.45) is 7.18. The molecule has 1 aliphatic rings. The first kappa shape index (κ1) is 20.3. The number of rotatable bonds is 5. The molecule has 1 saturated carbocycles. The highest BCUT2D eigenvalue weighted by molar-refractivity contribution is 7.99. The Balaban J connectivity index is 1.46. The van der Waals surface area contributed by atoms with Gasteiger partial charge in [0.2, 0.25) is 0 Å². The molecular formula is C23H23FN4OS. The molecule has 1 aromatic heterocycles. The predicted molar refractivity (Wildman–Crippen MR) is 116 cm³/mol. The summed E-state index contributed by atoms with van der Waals surface area (Å²) in [5.41, 5.74) is 2.20. The molecule has 1 fully saturated rings. The second-order valence-corrected chi connectivity index (χ2v) is 8.53. The van der Waals surface area contributed by atoms with Crippen LogP contribution in [0.2, 0.25) is 0 Å². The number of halogens is 1. The van der Waals surface area contributed by atoms with Crippen molar-refractivity contribution in [2.24, 2.45) is 0 Å². The van der Waals surface area contributed by atoms with E-state index in [4.69, 9.17) is 0 Å². The number of amides is 2. The van der Waals surface area contributed by atoms with Crippen LogP contribution in [0.15, 0.2) is 71.0 Å². The van der Waals surface area contributed by atoms with Crippen molar-refractivity contribution >= 4 is 23.5 Å². The molecule has 30 heavy (non-hydrogen) atoms. The fraction of sp³-hybridized carbons (Fsp3) is 0.261. The maximum Gasteiger partial charge on any atom is 0.319 e. The lowest BCUT2D eigenvalue weighted by atomic mass is 9.88. The maximum atomic E-state index is 13.4. The highest BCUT2D eigenvalue weighted by atomic mass is 32.2. The van der Waals surface area contributed by atoms with E-state index in [9.17, 15) is 9.18 Å². The van der Waals surface area contributed by atoms with Gasteiger partial charge in [0.25, 0.3) is 0 Å². The number of aromatic nitrogens is 2. The lowest BCUT2D eigenvalue weighted by molar-refractivity contribution is 0.236. The Morgan fingerprint density at radius 1 is 1.07 bits per heavy atom. The third-order valence-corrected chi connectivity index (χ3v) is 6.29. The first-order valence-corrected chi connectivity index (χ1v) is 10.8. The molecule has 2 aromatic carbocycles. The van der Waals surface area contributed by atoms with Crippen LogP contribution < -0.4 is 10.6 Å². The highest BCUT2D eigenvalue weighted by Gasteiger charge is 2.37. The van der Waals surface area contributed by atoms with Gasteiger partial charge in [0, 0.05) is 23.0 Å². The summed E-state index contributed by atoms with van der Waals surface area (Å²) in [7, 11) is 0. The van der Waals surface area contributed by atoms with Gasteiger partial charge in [0.15, 0.2) is 5.16 Å². The van der Waals surface area contributed by atoms with E-state index in [-0.39, 0.29) is 11.8 Å². The second-order valence-electron chi connectivity index (χ2n) is 7.49. The molecule has 0 atom stereocenters. The van der Waals surface area contributed by atoms with Crippen LogP contribution in [0.4, 0.5) is 14.9 Å². The van der Waals surface area contributed by atoms with Gasteiger partial charge >= 0.3 is 6.03 Å². The van der Waals surface area contributed by atoms with Crippen LogP contribution >= 0.6 is 11.8 Å². The third-order valence-electron chi connectivity index (χ3n) is 5.40. The number of carbonyl (C=O) groups excluding carboxylic acids is 1. The number of hydrogen-bond acceptors (Lipinski definition) is 4. The summed E-state index contributed by atoms with van der Waals surface area (Å²) in [6, 6.07) is 13.8. The summed E-state index contributed by atoms with van der Waals surface area (Å²) in [6.45, 7) is 1.96. The molecule has 7 heteroatoms. The first-order chi connectivity index (χ1) is 14.5. The molecule has 3 aromatic rings. The van der Waals surface area contributed by atoms with Crippen molar-refractivity contribution in [2.45, 2.75) is 48.2 Å². The average molecular weight is 423 g/mol. The highest BCUT2D eigenvalue weighted by Crippen LogP contribution is 2.39. The Bertz CT molecular complexity index is 1020. The van der Waals surface area contributed by atoms with Crippen molar-refractivity contribution in [3.05, 3.63) is 77.9 Å². The van der Waals surface area contributed by atoms with E-state index in [0.717, 1.165) is 47.4 Å². The minimum atomic E-state index is -0.452. The number of nitrogens with one attached hydrogen (secondary N) is 2. The van der Waals surface area contributed by atoms with Gasteiger partial charge in [-0.15, -0.1) is 0 Å². The predicted octanol–water partition coefficient (Wildman–Crippen LogP) is 5.67. The lowest BCUT2D eigenvalue weighted by Gasteiger charge is -2.31. The van der Waals surface area contributed by atoms with Crippen LogP contribution in [-0.4, -0.2) is 16.0 Å². The summed E-state index contributed by atoms with van der Waals surface area (Å²) in [5.74, 6) is -0.272. The number of benzene rings is 2. The van der Waals surface area contributed by atoms with E-state index < -0.39 is 5.54 Å². The third kappa shape index (κ3) is 4.62. The quantitative estimate of drug-likeness (QED) is 0.520. The van der Waals surface area contributed by atoms with Crippen molar-refractivity contribution in [1.82, 2.24) is 15.3 Å². The SMILES string of the molecule is Cc1cc(Sc2ncccn2)ccc1NC(=O)NC1(c2ccc(F)cc2)CCCC1. The number of aryl methyl sites for hydroxylation is 1. The zero-order valence-electron chi connectivity index (χ0n) is 16.7. The largest absolute Gasteiger partial charge is 0.328 e. The molecule has 1 heterocycles. The van der Waals surface area contributed by atoms with E-state index in [0.29, 0.717) is 5.16 Å². The van der Waals surface area contributed by atoms with Crippen LogP contribution in [-0.2, 0) is 5.54 Å². The van der Waals surface area contributed by atoms with Crippen LogP contribution in [0.3, 0.4) is 0 Å². The van der Waals surface area contributed by atoms with E-state index >= 15 is 0 Å². The Hall–Kier alpha value is -2.93. The minimum absolute atomic E-state index is 0.254. The Labute approximate surface area is 179 Å². The van der Waals surface area contributed by atoms with E-state index in [1.54, 1.807) is 30.6 Å². The van der Waals surface area contributed by atoms with E-state index in [2.05, 4.69) is 20.6 Å². The van der Waals surface area contributed by atoms with Crippen molar-refractivity contribution in [3.8, 4) is 0 Å². The van der Waals surface area contributed by atoms with Gasteiger partial charge in [-0.25, -0.2) is 19.2 Å². The smallest absolute Gasteiger partial charge is 0.319 e. The molecule has 0 bridgehead atoms.